The zero-order valence-corrected chi connectivity index (χ0v) is 11.3. The van der Waals surface area contributed by atoms with Crippen molar-refractivity contribution < 1.29 is 9.50 Å². The van der Waals surface area contributed by atoms with E-state index in [0.29, 0.717) is 18.3 Å². The number of hydrogen-bond acceptors (Lipinski definition) is 5. The summed E-state index contributed by atoms with van der Waals surface area (Å²) in [6, 6.07) is 0. The third kappa shape index (κ3) is 4.44. The first-order valence-electron chi connectivity index (χ1n) is 6.00. The fraction of sp³-hybridized carbons (Fsp3) is 0.667. The second-order valence-corrected chi connectivity index (χ2v) is 5.09. The smallest absolute Gasteiger partial charge is 0.224 e. The summed E-state index contributed by atoms with van der Waals surface area (Å²) in [7, 11) is 1.66. The van der Waals surface area contributed by atoms with Crippen LogP contribution in [-0.4, -0.2) is 34.3 Å². The molecule has 0 aliphatic carbocycles. The van der Waals surface area contributed by atoms with Gasteiger partial charge in [-0.3, -0.25) is 0 Å². The van der Waals surface area contributed by atoms with Gasteiger partial charge in [0, 0.05) is 13.6 Å². The third-order valence-corrected chi connectivity index (χ3v) is 2.45. The summed E-state index contributed by atoms with van der Waals surface area (Å²) in [5.74, 6) is 0.264. The van der Waals surface area contributed by atoms with E-state index in [-0.39, 0.29) is 12.4 Å². The van der Waals surface area contributed by atoms with Gasteiger partial charge in [-0.15, -0.1) is 0 Å². The van der Waals surface area contributed by atoms with Crippen molar-refractivity contribution in [3.63, 3.8) is 0 Å². The van der Waals surface area contributed by atoms with E-state index < -0.39 is 11.4 Å². The summed E-state index contributed by atoms with van der Waals surface area (Å²) >= 11 is 0. The Kier molecular flexibility index (Phi) is 4.84. The van der Waals surface area contributed by atoms with Gasteiger partial charge in [0.15, 0.2) is 11.6 Å². The molecule has 0 saturated carbocycles. The first kappa shape index (κ1) is 14.6. The first-order chi connectivity index (χ1) is 8.34. The lowest BCUT2D eigenvalue weighted by Crippen LogP contribution is -2.35. The van der Waals surface area contributed by atoms with Gasteiger partial charge in [-0.25, -0.2) is 9.37 Å². The Bertz CT molecular complexity index is 396. The zero-order chi connectivity index (χ0) is 13.8. The Balaban J connectivity index is 2.67. The largest absolute Gasteiger partial charge is 0.388 e. The van der Waals surface area contributed by atoms with Gasteiger partial charge >= 0.3 is 0 Å². The van der Waals surface area contributed by atoms with E-state index in [9.17, 15) is 9.50 Å². The average molecular weight is 256 g/mol. The predicted octanol–water partition coefficient (Wildman–Crippen LogP) is 1.87. The monoisotopic (exact) mass is 256 g/mol. The fourth-order valence-electron chi connectivity index (χ4n) is 1.84. The van der Waals surface area contributed by atoms with Gasteiger partial charge in [-0.2, -0.15) is 4.98 Å². The van der Waals surface area contributed by atoms with Crippen LogP contribution in [0, 0.1) is 11.7 Å². The van der Waals surface area contributed by atoms with Crippen LogP contribution in [-0.2, 0) is 0 Å². The topological polar surface area (TPSA) is 70.1 Å². The molecule has 0 radical (unpaired) electrons. The van der Waals surface area contributed by atoms with E-state index >= 15 is 0 Å². The number of aromatic nitrogens is 2. The molecule has 5 nitrogen and oxygen atoms in total. The lowest BCUT2D eigenvalue weighted by atomic mass is 9.94. The van der Waals surface area contributed by atoms with E-state index in [4.69, 9.17) is 0 Å². The zero-order valence-electron chi connectivity index (χ0n) is 11.3. The molecule has 0 aliphatic heterocycles. The summed E-state index contributed by atoms with van der Waals surface area (Å²) in [4.78, 5) is 7.70. The summed E-state index contributed by atoms with van der Waals surface area (Å²) < 4.78 is 13.4. The molecule has 0 amide bonds. The average Bonchev–Trinajstić information content (AvgIpc) is 2.26. The molecule has 0 fully saturated rings. The van der Waals surface area contributed by atoms with Crippen LogP contribution in [0.1, 0.15) is 27.2 Å². The maximum Gasteiger partial charge on any atom is 0.224 e. The molecule has 0 bridgehead atoms. The molecule has 1 aromatic rings. The lowest BCUT2D eigenvalue weighted by molar-refractivity contribution is 0.0514. The molecule has 102 valence electrons. The highest BCUT2D eigenvalue weighted by Crippen LogP contribution is 2.18. The number of aliphatic hydroxyl groups is 1. The van der Waals surface area contributed by atoms with Crippen molar-refractivity contribution in [2.75, 3.05) is 24.2 Å². The molecular weight excluding hydrogens is 235 g/mol. The minimum absolute atomic E-state index is 0.0957. The van der Waals surface area contributed by atoms with Crippen molar-refractivity contribution in [3.8, 4) is 0 Å². The number of nitrogens with one attached hydrogen (secondary N) is 2. The molecule has 1 atom stereocenters. The lowest BCUT2D eigenvalue weighted by Gasteiger charge is -2.25. The number of halogens is 1. The Morgan fingerprint density at radius 3 is 2.72 bits per heavy atom. The molecule has 0 aromatic carbocycles. The van der Waals surface area contributed by atoms with Crippen molar-refractivity contribution >= 4 is 11.8 Å². The van der Waals surface area contributed by atoms with Crippen LogP contribution < -0.4 is 10.6 Å². The summed E-state index contributed by atoms with van der Waals surface area (Å²) in [6.45, 7) is 6.01. The number of nitrogens with zero attached hydrogens (tertiary/aromatic N) is 2. The second-order valence-electron chi connectivity index (χ2n) is 5.09. The maximum absolute atomic E-state index is 13.4. The molecule has 1 unspecified atom stereocenters. The van der Waals surface area contributed by atoms with Gasteiger partial charge in [0.25, 0.3) is 0 Å². The molecule has 3 N–H and O–H groups in total. The normalized spacial score (nSPS) is 14.4. The molecule has 1 rings (SSSR count). The second kappa shape index (κ2) is 5.95. The Morgan fingerprint density at radius 2 is 2.17 bits per heavy atom. The summed E-state index contributed by atoms with van der Waals surface area (Å²) in [5.41, 5.74) is -0.897. The number of anilines is 2. The van der Waals surface area contributed by atoms with E-state index in [1.807, 2.05) is 13.8 Å². The number of rotatable bonds is 6. The van der Waals surface area contributed by atoms with Crippen LogP contribution in [0.15, 0.2) is 6.20 Å². The fourth-order valence-corrected chi connectivity index (χ4v) is 1.84. The molecule has 18 heavy (non-hydrogen) atoms. The Morgan fingerprint density at radius 1 is 1.50 bits per heavy atom. The SMILES string of the molecule is CNc1ncc(F)c(NCC(C)(O)CC(C)C)n1. The van der Waals surface area contributed by atoms with Crippen molar-refractivity contribution in [2.24, 2.45) is 5.92 Å². The predicted molar refractivity (Wildman–Crippen MR) is 70.1 cm³/mol. The van der Waals surface area contributed by atoms with Crippen molar-refractivity contribution in [3.05, 3.63) is 12.0 Å². The van der Waals surface area contributed by atoms with Gasteiger partial charge in [-0.05, 0) is 19.3 Å². The highest BCUT2D eigenvalue weighted by Gasteiger charge is 2.22. The number of hydrogen-bond donors (Lipinski definition) is 3. The van der Waals surface area contributed by atoms with Crippen LogP contribution in [0.3, 0.4) is 0 Å². The molecule has 6 heteroatoms. The van der Waals surface area contributed by atoms with E-state index in [2.05, 4.69) is 20.6 Å². The van der Waals surface area contributed by atoms with Crippen LogP contribution in [0.2, 0.25) is 0 Å². The minimum Gasteiger partial charge on any atom is -0.388 e. The van der Waals surface area contributed by atoms with Gasteiger partial charge in [0.05, 0.1) is 11.8 Å². The van der Waals surface area contributed by atoms with Crippen molar-refractivity contribution in [2.45, 2.75) is 32.8 Å². The first-order valence-corrected chi connectivity index (χ1v) is 6.00. The summed E-state index contributed by atoms with van der Waals surface area (Å²) in [6.07, 6.45) is 1.73. The molecule has 0 saturated heterocycles. The molecule has 1 aromatic heterocycles. The highest BCUT2D eigenvalue weighted by atomic mass is 19.1. The Hall–Kier alpha value is -1.43. The molecule has 1 heterocycles. The molecule has 0 spiro atoms. The quantitative estimate of drug-likeness (QED) is 0.725. The van der Waals surface area contributed by atoms with Gasteiger partial charge in [0.2, 0.25) is 5.95 Å². The van der Waals surface area contributed by atoms with Gasteiger partial charge in [0.1, 0.15) is 0 Å². The third-order valence-electron chi connectivity index (χ3n) is 2.45. The summed E-state index contributed by atoms with van der Waals surface area (Å²) in [5, 5.41) is 15.7. The van der Waals surface area contributed by atoms with Crippen LogP contribution >= 0.6 is 0 Å². The van der Waals surface area contributed by atoms with Gasteiger partial charge in [-0.1, -0.05) is 13.8 Å². The maximum atomic E-state index is 13.4. The van der Waals surface area contributed by atoms with Crippen molar-refractivity contribution in [1.29, 1.82) is 0 Å². The van der Waals surface area contributed by atoms with Crippen molar-refractivity contribution in [1.82, 2.24) is 9.97 Å². The van der Waals surface area contributed by atoms with E-state index in [0.717, 1.165) is 6.20 Å². The van der Waals surface area contributed by atoms with Crippen LogP contribution in [0.5, 0.6) is 0 Å². The minimum atomic E-state index is -0.897. The molecular formula is C12H21FN4O. The van der Waals surface area contributed by atoms with E-state index in [1.165, 1.54) is 0 Å². The standard InChI is InChI=1S/C12H21FN4O/c1-8(2)5-12(3,18)7-16-10-9(13)6-15-11(14-4)17-10/h6,8,18H,5,7H2,1-4H3,(H2,14,15,16,17). The molecule has 0 aliphatic rings. The Labute approximate surface area is 107 Å². The van der Waals surface area contributed by atoms with Crippen LogP contribution in [0.4, 0.5) is 16.2 Å². The van der Waals surface area contributed by atoms with Crippen LogP contribution in [0.25, 0.3) is 0 Å². The highest BCUT2D eigenvalue weighted by molar-refractivity contribution is 5.41. The van der Waals surface area contributed by atoms with Gasteiger partial charge < -0.3 is 15.7 Å². The van der Waals surface area contributed by atoms with E-state index in [1.54, 1.807) is 14.0 Å².